The summed E-state index contributed by atoms with van der Waals surface area (Å²) in [6, 6.07) is 1.83. The van der Waals surface area contributed by atoms with Crippen molar-refractivity contribution in [3.63, 3.8) is 0 Å². The zero-order chi connectivity index (χ0) is 6.85. The third-order valence-corrected chi connectivity index (χ3v) is 3.65. The maximum atomic E-state index is 10.5. The molecule has 0 aliphatic heterocycles. The molecule has 50 valence electrons. The third kappa shape index (κ3) is 1.78. The van der Waals surface area contributed by atoms with Gasteiger partial charge in [0.05, 0.1) is 0 Å². The summed E-state index contributed by atoms with van der Waals surface area (Å²) in [4.78, 5) is 0. The van der Waals surface area contributed by atoms with Gasteiger partial charge in [0.15, 0.2) is 10.0 Å². The Labute approximate surface area is 64.6 Å². The Hall–Kier alpha value is 0.140. The van der Waals surface area contributed by atoms with Crippen LogP contribution >= 0.6 is 22.0 Å². The maximum Gasteiger partial charge on any atom is 0.157 e. The molecule has 1 aromatic heterocycles. The summed E-state index contributed by atoms with van der Waals surface area (Å²) in [5.74, 6) is 0. The largest absolute Gasteiger partial charge is 0.236 e. The second-order valence-electron chi connectivity index (χ2n) is 1.67. The van der Waals surface area contributed by atoms with Crippen LogP contribution in [0.4, 0.5) is 0 Å². The average molecular weight is 181 g/mol. The number of aryl methyl sites for hydroxylation is 1. The van der Waals surface area contributed by atoms with Crippen LogP contribution in [0.5, 0.6) is 0 Å². The zero-order valence-corrected chi connectivity index (χ0v) is 7.15. The van der Waals surface area contributed by atoms with Gasteiger partial charge in [0.1, 0.15) is 4.21 Å². The number of halogens is 1. The van der Waals surface area contributed by atoms with E-state index in [-0.39, 0.29) is 0 Å². The third-order valence-electron chi connectivity index (χ3n) is 0.865. The minimum absolute atomic E-state index is 0.731. The molecule has 4 heteroatoms. The molecule has 0 aliphatic carbocycles. The molecule has 1 atom stereocenters. The van der Waals surface area contributed by atoms with Gasteiger partial charge in [-0.15, -0.1) is 11.3 Å². The van der Waals surface area contributed by atoms with Crippen molar-refractivity contribution in [1.82, 2.24) is 0 Å². The second-order valence-corrected chi connectivity index (χ2v) is 4.56. The molecule has 1 nitrogen and oxygen atoms in total. The molecule has 0 N–H and O–H groups in total. The van der Waals surface area contributed by atoms with Gasteiger partial charge in [-0.1, -0.05) is 0 Å². The highest BCUT2D eigenvalue weighted by Crippen LogP contribution is 2.19. The Morgan fingerprint density at radius 3 is 2.67 bits per heavy atom. The molecule has 0 saturated carbocycles. The van der Waals surface area contributed by atoms with Crippen LogP contribution in [0.25, 0.3) is 0 Å². The first-order chi connectivity index (χ1) is 4.20. The predicted octanol–water partition coefficient (Wildman–Crippen LogP) is 2.32. The minimum atomic E-state index is -1.32. The van der Waals surface area contributed by atoms with Crippen LogP contribution < -0.4 is 0 Å². The Morgan fingerprint density at radius 2 is 2.44 bits per heavy atom. The average Bonchev–Trinajstić information content (AvgIpc) is 2.14. The van der Waals surface area contributed by atoms with Crippen LogP contribution in [0, 0.1) is 6.92 Å². The van der Waals surface area contributed by atoms with Crippen LogP contribution in [-0.2, 0) is 10.0 Å². The first-order valence-electron chi connectivity index (χ1n) is 2.33. The van der Waals surface area contributed by atoms with Crippen molar-refractivity contribution < 1.29 is 4.21 Å². The number of rotatable bonds is 1. The van der Waals surface area contributed by atoms with E-state index in [4.69, 9.17) is 10.7 Å². The lowest BCUT2D eigenvalue weighted by molar-refractivity contribution is 0.692. The molecule has 0 aliphatic rings. The SMILES string of the molecule is Cc1csc(S(=O)Cl)c1. The lowest BCUT2D eigenvalue weighted by Gasteiger charge is -1.79. The van der Waals surface area contributed by atoms with E-state index >= 15 is 0 Å². The molecular formula is C5H5ClOS2. The van der Waals surface area contributed by atoms with Crippen molar-refractivity contribution in [2.45, 2.75) is 11.1 Å². The maximum absolute atomic E-state index is 10.5. The topological polar surface area (TPSA) is 17.1 Å². The van der Waals surface area contributed by atoms with E-state index in [1.807, 2.05) is 18.4 Å². The zero-order valence-electron chi connectivity index (χ0n) is 4.76. The van der Waals surface area contributed by atoms with Crippen LogP contribution in [0.3, 0.4) is 0 Å². The Balaban J connectivity index is 2.98. The van der Waals surface area contributed by atoms with E-state index in [1.165, 1.54) is 11.3 Å². The van der Waals surface area contributed by atoms with Crippen LogP contribution in [-0.4, -0.2) is 4.21 Å². The van der Waals surface area contributed by atoms with E-state index in [1.54, 1.807) is 0 Å². The van der Waals surface area contributed by atoms with Crippen molar-refractivity contribution in [2.75, 3.05) is 0 Å². The van der Waals surface area contributed by atoms with Crippen molar-refractivity contribution in [2.24, 2.45) is 0 Å². The molecule has 1 aromatic rings. The number of hydrogen-bond acceptors (Lipinski definition) is 2. The van der Waals surface area contributed by atoms with E-state index in [9.17, 15) is 4.21 Å². The second kappa shape index (κ2) is 2.82. The van der Waals surface area contributed by atoms with Gasteiger partial charge in [-0.3, -0.25) is 0 Å². The van der Waals surface area contributed by atoms with Crippen LogP contribution in [0.2, 0.25) is 0 Å². The molecule has 0 saturated heterocycles. The Morgan fingerprint density at radius 1 is 1.78 bits per heavy atom. The first kappa shape index (κ1) is 7.25. The smallest absolute Gasteiger partial charge is 0.157 e. The van der Waals surface area contributed by atoms with E-state index in [0.717, 1.165) is 9.77 Å². The lowest BCUT2D eigenvalue weighted by atomic mass is 10.4. The normalized spacial score (nSPS) is 13.6. The standard InChI is InChI=1S/C5H5ClOS2/c1-4-2-5(8-3-4)9(6)7/h2-3H,1H3. The summed E-state index contributed by atoms with van der Waals surface area (Å²) in [6.07, 6.45) is 0. The molecule has 9 heavy (non-hydrogen) atoms. The molecule has 0 aromatic carbocycles. The van der Waals surface area contributed by atoms with Crippen molar-refractivity contribution in [3.8, 4) is 0 Å². The molecule has 0 amide bonds. The highest BCUT2D eigenvalue weighted by molar-refractivity contribution is 8.09. The van der Waals surface area contributed by atoms with Gasteiger partial charge in [-0.05, 0) is 34.6 Å². The molecule has 0 bridgehead atoms. The summed E-state index contributed by atoms with van der Waals surface area (Å²) >= 11 is 1.43. The Kier molecular flexibility index (Phi) is 2.27. The highest BCUT2D eigenvalue weighted by Gasteiger charge is 2.00. The van der Waals surface area contributed by atoms with E-state index in [0.29, 0.717) is 0 Å². The fourth-order valence-electron chi connectivity index (χ4n) is 0.489. The summed E-state index contributed by atoms with van der Waals surface area (Å²) in [7, 11) is 3.98. The van der Waals surface area contributed by atoms with Gasteiger partial charge in [0, 0.05) is 0 Å². The molecule has 0 radical (unpaired) electrons. The summed E-state index contributed by atoms with van der Waals surface area (Å²) < 4.78 is 11.3. The monoisotopic (exact) mass is 180 g/mol. The van der Waals surface area contributed by atoms with E-state index in [2.05, 4.69) is 0 Å². The summed E-state index contributed by atoms with van der Waals surface area (Å²) in [5.41, 5.74) is 1.11. The quantitative estimate of drug-likeness (QED) is 0.607. The number of thiophene rings is 1. The molecule has 0 spiro atoms. The van der Waals surface area contributed by atoms with Crippen LogP contribution in [0.15, 0.2) is 15.7 Å². The molecule has 1 rings (SSSR count). The van der Waals surface area contributed by atoms with Crippen molar-refractivity contribution in [3.05, 3.63) is 17.0 Å². The first-order valence-corrected chi connectivity index (χ1v) is 5.19. The van der Waals surface area contributed by atoms with Crippen LogP contribution in [0.1, 0.15) is 5.56 Å². The van der Waals surface area contributed by atoms with Gasteiger partial charge in [-0.25, -0.2) is 4.21 Å². The minimum Gasteiger partial charge on any atom is -0.236 e. The summed E-state index contributed by atoms with van der Waals surface area (Å²) in [5, 5.41) is 1.93. The molecule has 1 unspecified atom stereocenters. The van der Waals surface area contributed by atoms with Gasteiger partial charge in [-0.2, -0.15) is 0 Å². The highest BCUT2D eigenvalue weighted by atomic mass is 35.7. The summed E-state index contributed by atoms with van der Waals surface area (Å²) in [6.45, 7) is 1.95. The molecule has 1 heterocycles. The van der Waals surface area contributed by atoms with Gasteiger partial charge in [0.25, 0.3) is 0 Å². The van der Waals surface area contributed by atoms with Gasteiger partial charge >= 0.3 is 0 Å². The van der Waals surface area contributed by atoms with Crippen molar-refractivity contribution >= 4 is 32.0 Å². The molecule has 0 fully saturated rings. The lowest BCUT2D eigenvalue weighted by Crippen LogP contribution is -1.70. The fraction of sp³-hybridized carbons (Fsp3) is 0.200. The fourth-order valence-corrected chi connectivity index (χ4v) is 2.30. The van der Waals surface area contributed by atoms with Crippen molar-refractivity contribution in [1.29, 1.82) is 0 Å². The number of hydrogen-bond donors (Lipinski definition) is 0. The molecular weight excluding hydrogens is 176 g/mol. The predicted molar refractivity (Wildman–Crippen MR) is 41.3 cm³/mol. The Bertz CT molecular complexity index is 231. The van der Waals surface area contributed by atoms with Gasteiger partial charge in [0.2, 0.25) is 0 Å². The van der Waals surface area contributed by atoms with Gasteiger partial charge < -0.3 is 0 Å². The van der Waals surface area contributed by atoms with E-state index < -0.39 is 10.0 Å².